The molecule has 3 N–H and O–H groups in total. The zero-order valence-corrected chi connectivity index (χ0v) is 16.8. The van der Waals surface area contributed by atoms with E-state index >= 15 is 0 Å². The number of likely N-dealkylation sites (tertiary alicyclic amines) is 1. The quantitative estimate of drug-likeness (QED) is 0.691. The molecule has 1 heterocycles. The van der Waals surface area contributed by atoms with Crippen LogP contribution in [-0.4, -0.2) is 56.6 Å². The highest BCUT2D eigenvalue weighted by molar-refractivity contribution is 5.85. The predicted molar refractivity (Wildman–Crippen MR) is 107 cm³/mol. The number of piperidine rings is 1. The molecule has 2 rings (SSSR count). The lowest BCUT2D eigenvalue weighted by Crippen LogP contribution is -2.50. The molecule has 0 aromatic heterocycles. The molecule has 8 heteroatoms. The molecule has 0 spiro atoms. The van der Waals surface area contributed by atoms with Gasteiger partial charge in [-0.1, -0.05) is 6.07 Å². The van der Waals surface area contributed by atoms with Gasteiger partial charge in [0, 0.05) is 37.7 Å². The molecule has 0 radical (unpaired) electrons. The van der Waals surface area contributed by atoms with E-state index in [0.29, 0.717) is 37.6 Å². The van der Waals surface area contributed by atoms with E-state index in [-0.39, 0.29) is 36.7 Å². The summed E-state index contributed by atoms with van der Waals surface area (Å²) in [7, 11) is 3.17. The van der Waals surface area contributed by atoms with Crippen molar-refractivity contribution >= 4 is 24.2 Å². The third-order valence-corrected chi connectivity index (χ3v) is 4.71. The van der Waals surface area contributed by atoms with Crippen LogP contribution in [0.2, 0.25) is 0 Å². The predicted octanol–water partition coefficient (Wildman–Crippen LogP) is 1.51. The van der Waals surface area contributed by atoms with E-state index in [4.69, 9.17) is 15.2 Å². The molecule has 1 saturated heterocycles. The van der Waals surface area contributed by atoms with Gasteiger partial charge in [-0.3, -0.25) is 9.59 Å². The second kappa shape index (κ2) is 11.7. The lowest BCUT2D eigenvalue weighted by atomic mass is 10.00. The molecule has 1 aromatic rings. The molecule has 0 aliphatic carbocycles. The largest absolute Gasteiger partial charge is 0.496 e. The highest BCUT2D eigenvalue weighted by atomic mass is 35.5. The Morgan fingerprint density at radius 2 is 1.89 bits per heavy atom. The van der Waals surface area contributed by atoms with Gasteiger partial charge in [0.2, 0.25) is 11.8 Å². The molecule has 1 aliphatic rings. The van der Waals surface area contributed by atoms with Crippen LogP contribution in [0.1, 0.15) is 31.2 Å². The first kappa shape index (κ1) is 23.0. The number of nitrogens with two attached hydrogens (primary N) is 1. The highest BCUT2D eigenvalue weighted by Gasteiger charge is 2.28. The number of amides is 2. The van der Waals surface area contributed by atoms with Crippen LogP contribution < -0.4 is 20.5 Å². The van der Waals surface area contributed by atoms with Crippen molar-refractivity contribution in [3.8, 4) is 11.5 Å². The SMILES string of the molecule is COc1cccc(OC)c1CC(=O)N1CCCCC1CNC(=O)CCN.Cl. The molecular formula is C19H30ClN3O4. The van der Waals surface area contributed by atoms with Gasteiger partial charge in [-0.25, -0.2) is 0 Å². The minimum Gasteiger partial charge on any atom is -0.496 e. The zero-order valence-electron chi connectivity index (χ0n) is 16.0. The number of rotatable bonds is 8. The summed E-state index contributed by atoms with van der Waals surface area (Å²) in [6, 6.07) is 5.50. The zero-order chi connectivity index (χ0) is 18.9. The molecule has 1 unspecified atom stereocenters. The van der Waals surface area contributed by atoms with Crippen molar-refractivity contribution in [3.05, 3.63) is 23.8 Å². The number of nitrogens with one attached hydrogen (secondary N) is 1. The van der Waals surface area contributed by atoms with Crippen molar-refractivity contribution in [2.45, 2.75) is 38.1 Å². The van der Waals surface area contributed by atoms with Gasteiger partial charge < -0.3 is 25.4 Å². The van der Waals surface area contributed by atoms with Crippen LogP contribution >= 0.6 is 12.4 Å². The lowest BCUT2D eigenvalue weighted by molar-refractivity contribution is -0.134. The number of hydrogen-bond acceptors (Lipinski definition) is 5. The van der Waals surface area contributed by atoms with Gasteiger partial charge in [0.1, 0.15) is 11.5 Å². The third-order valence-electron chi connectivity index (χ3n) is 4.71. The summed E-state index contributed by atoms with van der Waals surface area (Å²) in [6.07, 6.45) is 3.43. The lowest BCUT2D eigenvalue weighted by Gasteiger charge is -2.36. The van der Waals surface area contributed by atoms with Crippen molar-refractivity contribution in [1.29, 1.82) is 0 Å². The molecule has 0 saturated carbocycles. The van der Waals surface area contributed by atoms with Crippen molar-refractivity contribution in [2.75, 3.05) is 33.9 Å². The first-order chi connectivity index (χ1) is 12.6. The topological polar surface area (TPSA) is 93.9 Å². The van der Waals surface area contributed by atoms with Crippen LogP contribution in [-0.2, 0) is 16.0 Å². The number of benzene rings is 1. The Labute approximate surface area is 167 Å². The first-order valence-electron chi connectivity index (χ1n) is 9.06. The fraction of sp³-hybridized carbons (Fsp3) is 0.579. The average molecular weight is 400 g/mol. The standard InChI is InChI=1S/C19H29N3O4.ClH/c1-25-16-7-5-8-17(26-2)15(16)12-19(24)22-11-4-3-6-14(22)13-21-18(23)9-10-20;/h5,7-8,14H,3-4,6,9-13,20H2,1-2H3,(H,21,23);1H. The third kappa shape index (κ3) is 6.29. The van der Waals surface area contributed by atoms with Crippen molar-refractivity contribution in [3.63, 3.8) is 0 Å². The smallest absolute Gasteiger partial charge is 0.227 e. The van der Waals surface area contributed by atoms with Gasteiger partial charge in [-0.15, -0.1) is 12.4 Å². The Morgan fingerprint density at radius 1 is 1.22 bits per heavy atom. The number of methoxy groups -OCH3 is 2. The summed E-state index contributed by atoms with van der Waals surface area (Å²) >= 11 is 0. The minimum absolute atomic E-state index is 0. The van der Waals surface area contributed by atoms with Crippen LogP contribution in [0.25, 0.3) is 0 Å². The monoisotopic (exact) mass is 399 g/mol. The van der Waals surface area contributed by atoms with Gasteiger partial charge >= 0.3 is 0 Å². The number of carbonyl (C=O) groups is 2. The molecule has 152 valence electrons. The van der Waals surface area contributed by atoms with E-state index < -0.39 is 0 Å². The van der Waals surface area contributed by atoms with Gasteiger partial charge in [-0.2, -0.15) is 0 Å². The van der Waals surface area contributed by atoms with E-state index in [9.17, 15) is 9.59 Å². The Hall–Kier alpha value is -1.99. The normalized spacial score (nSPS) is 16.3. The van der Waals surface area contributed by atoms with Crippen molar-refractivity contribution < 1.29 is 19.1 Å². The van der Waals surface area contributed by atoms with E-state index in [1.54, 1.807) is 14.2 Å². The molecule has 0 bridgehead atoms. The van der Waals surface area contributed by atoms with Crippen molar-refractivity contribution in [1.82, 2.24) is 10.2 Å². The Bertz CT molecular complexity index is 605. The summed E-state index contributed by atoms with van der Waals surface area (Å²) in [5, 5.41) is 2.88. The fourth-order valence-corrected chi connectivity index (χ4v) is 3.35. The van der Waals surface area contributed by atoms with Crippen LogP contribution in [0.15, 0.2) is 18.2 Å². The van der Waals surface area contributed by atoms with E-state index in [1.807, 2.05) is 23.1 Å². The summed E-state index contributed by atoms with van der Waals surface area (Å²) < 4.78 is 10.8. The summed E-state index contributed by atoms with van der Waals surface area (Å²) in [6.45, 7) is 1.49. The summed E-state index contributed by atoms with van der Waals surface area (Å²) in [5.41, 5.74) is 6.15. The van der Waals surface area contributed by atoms with E-state index in [1.165, 1.54) is 0 Å². The van der Waals surface area contributed by atoms with Crippen LogP contribution in [0.5, 0.6) is 11.5 Å². The van der Waals surface area contributed by atoms with E-state index in [2.05, 4.69) is 5.32 Å². The Morgan fingerprint density at radius 3 is 2.48 bits per heavy atom. The highest BCUT2D eigenvalue weighted by Crippen LogP contribution is 2.30. The molecule has 1 aromatic carbocycles. The fourth-order valence-electron chi connectivity index (χ4n) is 3.35. The molecular weight excluding hydrogens is 370 g/mol. The van der Waals surface area contributed by atoms with Gasteiger partial charge in [-0.05, 0) is 31.4 Å². The maximum atomic E-state index is 13.0. The first-order valence-corrected chi connectivity index (χ1v) is 9.06. The second-order valence-corrected chi connectivity index (χ2v) is 6.40. The number of hydrogen-bond donors (Lipinski definition) is 2. The van der Waals surface area contributed by atoms with Crippen LogP contribution in [0.3, 0.4) is 0 Å². The maximum Gasteiger partial charge on any atom is 0.227 e. The maximum absolute atomic E-state index is 13.0. The van der Waals surface area contributed by atoms with Gasteiger partial charge in [0.05, 0.1) is 20.6 Å². The Kier molecular flexibility index (Phi) is 9.96. The average Bonchev–Trinajstić information content (AvgIpc) is 2.67. The molecule has 1 aliphatic heterocycles. The number of carbonyl (C=O) groups excluding carboxylic acids is 2. The molecule has 7 nitrogen and oxygen atoms in total. The number of ether oxygens (including phenoxy) is 2. The number of halogens is 1. The molecule has 2 amide bonds. The molecule has 27 heavy (non-hydrogen) atoms. The van der Waals surface area contributed by atoms with Gasteiger partial charge in [0.25, 0.3) is 0 Å². The Balaban J connectivity index is 0.00000364. The summed E-state index contributed by atoms with van der Waals surface area (Å²) in [5.74, 6) is 1.23. The minimum atomic E-state index is -0.0723. The molecule has 1 atom stereocenters. The number of nitrogens with zero attached hydrogens (tertiary/aromatic N) is 1. The van der Waals surface area contributed by atoms with Crippen molar-refractivity contribution in [2.24, 2.45) is 5.73 Å². The second-order valence-electron chi connectivity index (χ2n) is 6.40. The van der Waals surface area contributed by atoms with Crippen LogP contribution in [0.4, 0.5) is 0 Å². The van der Waals surface area contributed by atoms with Crippen LogP contribution in [0, 0.1) is 0 Å². The summed E-state index contributed by atoms with van der Waals surface area (Å²) in [4.78, 5) is 26.5. The van der Waals surface area contributed by atoms with Gasteiger partial charge in [0.15, 0.2) is 0 Å². The molecule has 1 fully saturated rings. The van der Waals surface area contributed by atoms with E-state index in [0.717, 1.165) is 24.8 Å².